The molecule has 0 bridgehead atoms. The van der Waals surface area contributed by atoms with Crippen molar-refractivity contribution in [1.82, 2.24) is 0 Å². The van der Waals surface area contributed by atoms with Gasteiger partial charge in [-0.05, 0) is 42.5 Å². The van der Waals surface area contributed by atoms with Gasteiger partial charge in [0, 0.05) is 5.92 Å². The third kappa shape index (κ3) is 1.86. The summed E-state index contributed by atoms with van der Waals surface area (Å²) in [6.45, 7) is 2.03. The number of aryl methyl sites for hydroxylation is 1. The molecule has 2 rings (SSSR count). The van der Waals surface area contributed by atoms with E-state index in [4.69, 9.17) is 4.74 Å². The lowest BCUT2D eigenvalue weighted by atomic mass is 9.94. The molecule has 0 amide bonds. The summed E-state index contributed by atoms with van der Waals surface area (Å²) in [6.07, 6.45) is 2.76. The topological polar surface area (TPSA) is 29.5 Å². The van der Waals surface area contributed by atoms with Gasteiger partial charge in [0.05, 0.1) is 13.2 Å². The number of benzene rings is 1. The lowest BCUT2D eigenvalue weighted by Gasteiger charge is -2.17. The van der Waals surface area contributed by atoms with Crippen LogP contribution >= 0.6 is 0 Å². The van der Waals surface area contributed by atoms with Crippen LogP contribution in [-0.2, 0) is 6.42 Å². The van der Waals surface area contributed by atoms with Crippen LogP contribution in [0.1, 0.15) is 36.8 Å². The second-order valence-electron chi connectivity index (χ2n) is 4.19. The molecular formula is C13H18O2. The summed E-state index contributed by atoms with van der Waals surface area (Å²) in [7, 11) is 1.68. The normalized spacial score (nSPS) is 21.1. The zero-order valence-corrected chi connectivity index (χ0v) is 9.36. The first-order valence-electron chi connectivity index (χ1n) is 5.61. The average Bonchev–Trinajstić information content (AvgIpc) is 2.70. The molecule has 2 atom stereocenters. The molecule has 0 fully saturated rings. The number of methoxy groups -OCH3 is 1. The first kappa shape index (κ1) is 10.5. The minimum Gasteiger partial charge on any atom is -0.497 e. The van der Waals surface area contributed by atoms with E-state index in [1.54, 1.807) is 7.11 Å². The Morgan fingerprint density at radius 1 is 1.53 bits per heavy atom. The fraction of sp³-hybridized carbons (Fsp3) is 0.538. The predicted molar refractivity (Wildman–Crippen MR) is 60.4 cm³/mol. The molecule has 1 aromatic rings. The van der Waals surface area contributed by atoms with Crippen molar-refractivity contribution in [1.29, 1.82) is 0 Å². The van der Waals surface area contributed by atoms with Crippen molar-refractivity contribution in [3.63, 3.8) is 0 Å². The van der Waals surface area contributed by atoms with E-state index in [9.17, 15) is 5.11 Å². The van der Waals surface area contributed by atoms with Crippen LogP contribution in [0.15, 0.2) is 18.2 Å². The molecule has 1 aromatic carbocycles. The van der Waals surface area contributed by atoms with Gasteiger partial charge in [-0.3, -0.25) is 0 Å². The van der Waals surface area contributed by atoms with Crippen molar-refractivity contribution in [2.75, 3.05) is 7.11 Å². The van der Waals surface area contributed by atoms with Crippen LogP contribution in [0.3, 0.4) is 0 Å². The molecule has 2 heteroatoms. The fourth-order valence-corrected chi connectivity index (χ4v) is 2.42. The highest BCUT2D eigenvalue weighted by atomic mass is 16.5. The molecule has 0 saturated heterocycles. The van der Waals surface area contributed by atoms with Gasteiger partial charge >= 0.3 is 0 Å². The van der Waals surface area contributed by atoms with Gasteiger partial charge in [-0.2, -0.15) is 0 Å². The summed E-state index contributed by atoms with van der Waals surface area (Å²) in [6, 6.07) is 6.20. The summed E-state index contributed by atoms with van der Waals surface area (Å²) in [5, 5.41) is 9.93. The summed E-state index contributed by atoms with van der Waals surface area (Å²) in [5.74, 6) is 1.20. The molecule has 0 spiro atoms. The highest BCUT2D eigenvalue weighted by molar-refractivity contribution is 5.41. The maximum Gasteiger partial charge on any atom is 0.119 e. The molecule has 0 aromatic heterocycles. The molecule has 1 N–H and O–H groups in total. The van der Waals surface area contributed by atoms with Crippen LogP contribution in [0.2, 0.25) is 0 Å². The van der Waals surface area contributed by atoms with Crippen LogP contribution in [0, 0.1) is 0 Å². The molecule has 1 aliphatic carbocycles. The highest BCUT2D eigenvalue weighted by Gasteiger charge is 2.27. The number of ether oxygens (including phenoxy) is 1. The summed E-state index contributed by atoms with van der Waals surface area (Å²) in [5.41, 5.74) is 2.65. The summed E-state index contributed by atoms with van der Waals surface area (Å²) >= 11 is 0. The fourth-order valence-electron chi connectivity index (χ4n) is 2.42. The lowest BCUT2D eigenvalue weighted by molar-refractivity contribution is 0.138. The van der Waals surface area contributed by atoms with Gasteiger partial charge in [0.25, 0.3) is 0 Å². The summed E-state index contributed by atoms with van der Waals surface area (Å²) in [4.78, 5) is 0. The zero-order chi connectivity index (χ0) is 10.8. The van der Waals surface area contributed by atoms with Crippen molar-refractivity contribution in [3.8, 4) is 5.75 Å². The third-order valence-corrected chi connectivity index (χ3v) is 3.36. The van der Waals surface area contributed by atoms with Gasteiger partial charge in [-0.15, -0.1) is 0 Å². The Bertz CT molecular complexity index is 346. The van der Waals surface area contributed by atoms with Crippen molar-refractivity contribution in [2.24, 2.45) is 0 Å². The van der Waals surface area contributed by atoms with Gasteiger partial charge in [0.2, 0.25) is 0 Å². The van der Waals surface area contributed by atoms with Gasteiger partial charge in [-0.1, -0.05) is 13.0 Å². The molecule has 0 saturated carbocycles. The maximum absolute atomic E-state index is 9.93. The third-order valence-electron chi connectivity index (χ3n) is 3.36. The van der Waals surface area contributed by atoms with E-state index in [2.05, 4.69) is 12.1 Å². The first-order valence-corrected chi connectivity index (χ1v) is 5.61. The number of aliphatic hydroxyl groups is 1. The van der Waals surface area contributed by atoms with E-state index in [1.165, 1.54) is 11.1 Å². The molecular weight excluding hydrogens is 188 g/mol. The summed E-state index contributed by atoms with van der Waals surface area (Å²) < 4.78 is 5.22. The van der Waals surface area contributed by atoms with Crippen LogP contribution in [0.25, 0.3) is 0 Å². The van der Waals surface area contributed by atoms with Crippen molar-refractivity contribution in [3.05, 3.63) is 29.3 Å². The standard InChI is InChI=1S/C13H18O2/c1-3-13(14)11-7-5-9-4-6-10(15-2)8-12(9)11/h4,6,8,11,13-14H,3,5,7H2,1-2H3. The van der Waals surface area contributed by atoms with Crippen molar-refractivity contribution >= 4 is 0 Å². The monoisotopic (exact) mass is 206 g/mol. The quantitative estimate of drug-likeness (QED) is 0.823. The largest absolute Gasteiger partial charge is 0.497 e. The Morgan fingerprint density at radius 3 is 3.00 bits per heavy atom. The second kappa shape index (κ2) is 4.23. The van der Waals surface area contributed by atoms with Crippen LogP contribution in [0.5, 0.6) is 5.75 Å². The van der Waals surface area contributed by atoms with Gasteiger partial charge < -0.3 is 9.84 Å². The Hall–Kier alpha value is -1.02. The van der Waals surface area contributed by atoms with Crippen LogP contribution in [0.4, 0.5) is 0 Å². The van der Waals surface area contributed by atoms with Gasteiger partial charge in [-0.25, -0.2) is 0 Å². The molecule has 2 unspecified atom stereocenters. The van der Waals surface area contributed by atoms with E-state index in [0.29, 0.717) is 5.92 Å². The number of aliphatic hydroxyl groups excluding tert-OH is 1. The van der Waals surface area contributed by atoms with E-state index >= 15 is 0 Å². The second-order valence-corrected chi connectivity index (χ2v) is 4.19. The molecule has 0 radical (unpaired) electrons. The number of fused-ring (bicyclic) bond motifs is 1. The molecule has 2 nitrogen and oxygen atoms in total. The lowest BCUT2D eigenvalue weighted by Crippen LogP contribution is -2.14. The predicted octanol–water partition coefficient (Wildman–Crippen LogP) is 2.50. The minimum absolute atomic E-state index is 0.210. The molecule has 82 valence electrons. The SMILES string of the molecule is CCC(O)C1CCc2ccc(OC)cc21. The molecule has 0 aliphatic heterocycles. The van der Waals surface area contributed by atoms with Crippen LogP contribution < -0.4 is 4.74 Å². The van der Waals surface area contributed by atoms with Crippen LogP contribution in [-0.4, -0.2) is 18.3 Å². The van der Waals surface area contributed by atoms with E-state index in [-0.39, 0.29) is 6.10 Å². The Kier molecular flexibility index (Phi) is 2.96. The smallest absolute Gasteiger partial charge is 0.119 e. The van der Waals surface area contributed by atoms with E-state index in [1.807, 2.05) is 13.0 Å². The number of hydrogen-bond donors (Lipinski definition) is 1. The van der Waals surface area contributed by atoms with Crippen molar-refractivity contribution in [2.45, 2.75) is 38.2 Å². The average molecular weight is 206 g/mol. The molecule has 15 heavy (non-hydrogen) atoms. The maximum atomic E-state index is 9.93. The van der Waals surface area contributed by atoms with E-state index < -0.39 is 0 Å². The Balaban J connectivity index is 2.31. The van der Waals surface area contributed by atoms with Gasteiger partial charge in [0.15, 0.2) is 0 Å². The Labute approximate surface area is 90.9 Å². The zero-order valence-electron chi connectivity index (χ0n) is 9.36. The molecule has 1 aliphatic rings. The van der Waals surface area contributed by atoms with E-state index in [0.717, 1.165) is 25.0 Å². The number of rotatable bonds is 3. The Morgan fingerprint density at radius 2 is 2.33 bits per heavy atom. The molecule has 0 heterocycles. The first-order chi connectivity index (χ1) is 7.26. The van der Waals surface area contributed by atoms with Gasteiger partial charge in [0.1, 0.15) is 5.75 Å². The highest BCUT2D eigenvalue weighted by Crippen LogP contribution is 2.38. The minimum atomic E-state index is -0.210. The number of hydrogen-bond acceptors (Lipinski definition) is 2. The van der Waals surface area contributed by atoms with Crippen molar-refractivity contribution < 1.29 is 9.84 Å².